The third-order valence-electron chi connectivity index (χ3n) is 3.10. The molecule has 0 fully saturated rings. The first-order valence-corrected chi connectivity index (χ1v) is 6.99. The van der Waals surface area contributed by atoms with Crippen LogP contribution in [0.25, 0.3) is 11.6 Å². The van der Waals surface area contributed by atoms with Crippen molar-refractivity contribution in [3.8, 4) is 0 Å². The Morgan fingerprint density at radius 3 is 2.20 bits per heavy atom. The molecule has 0 amide bonds. The van der Waals surface area contributed by atoms with Crippen molar-refractivity contribution in [3.63, 3.8) is 0 Å². The molecular formula is C20H20. The summed E-state index contributed by atoms with van der Waals surface area (Å²) in [4.78, 5) is 0. The van der Waals surface area contributed by atoms with E-state index < -0.39 is 0 Å². The molecule has 0 atom stereocenters. The van der Waals surface area contributed by atoms with Gasteiger partial charge in [0, 0.05) is 0 Å². The summed E-state index contributed by atoms with van der Waals surface area (Å²) < 4.78 is 0. The van der Waals surface area contributed by atoms with Gasteiger partial charge in [-0.1, -0.05) is 91.0 Å². The van der Waals surface area contributed by atoms with Crippen molar-refractivity contribution in [3.05, 3.63) is 96.1 Å². The fraction of sp³-hybridized carbons (Fsp3) is 0.100. The first kappa shape index (κ1) is 14.1. The van der Waals surface area contributed by atoms with Gasteiger partial charge in [-0.3, -0.25) is 0 Å². The Morgan fingerprint density at radius 1 is 0.900 bits per heavy atom. The summed E-state index contributed by atoms with van der Waals surface area (Å²) in [7, 11) is 0. The van der Waals surface area contributed by atoms with E-state index in [2.05, 4.69) is 91.9 Å². The van der Waals surface area contributed by atoms with Gasteiger partial charge in [-0.15, -0.1) is 0 Å². The van der Waals surface area contributed by atoms with Crippen LogP contribution in [-0.4, -0.2) is 0 Å². The Kier molecular flexibility index (Phi) is 5.60. The van der Waals surface area contributed by atoms with Gasteiger partial charge in [0.05, 0.1) is 0 Å². The largest absolute Gasteiger partial charge is 0.0913 e. The van der Waals surface area contributed by atoms with Crippen LogP contribution in [0, 0.1) is 0 Å². The van der Waals surface area contributed by atoms with Crippen molar-refractivity contribution in [2.45, 2.75) is 13.3 Å². The summed E-state index contributed by atoms with van der Waals surface area (Å²) in [5.41, 5.74) is 3.83. The first-order chi connectivity index (χ1) is 9.90. The van der Waals surface area contributed by atoms with Gasteiger partial charge >= 0.3 is 0 Å². The number of hydrogen-bond donors (Lipinski definition) is 0. The predicted molar refractivity (Wildman–Crippen MR) is 89.3 cm³/mol. The summed E-state index contributed by atoms with van der Waals surface area (Å²) in [6.07, 6.45) is 11.7. The van der Waals surface area contributed by atoms with Crippen LogP contribution in [-0.2, 0) is 0 Å². The zero-order valence-corrected chi connectivity index (χ0v) is 11.9. The normalized spacial score (nSPS) is 12.3. The third-order valence-corrected chi connectivity index (χ3v) is 3.10. The van der Waals surface area contributed by atoms with Crippen molar-refractivity contribution in [1.29, 1.82) is 0 Å². The number of hydrogen-bond acceptors (Lipinski definition) is 0. The van der Waals surface area contributed by atoms with Crippen molar-refractivity contribution >= 4 is 11.6 Å². The molecule has 0 aliphatic heterocycles. The van der Waals surface area contributed by atoms with E-state index >= 15 is 0 Å². The second-order valence-electron chi connectivity index (χ2n) is 4.60. The summed E-state index contributed by atoms with van der Waals surface area (Å²) in [5, 5.41) is 0. The number of rotatable bonds is 5. The van der Waals surface area contributed by atoms with Crippen LogP contribution in [0.1, 0.15) is 24.5 Å². The van der Waals surface area contributed by atoms with E-state index in [0.29, 0.717) is 0 Å². The number of benzene rings is 2. The lowest BCUT2D eigenvalue weighted by Crippen LogP contribution is -1.82. The highest BCUT2D eigenvalue weighted by atomic mass is 14.0. The molecule has 100 valence electrons. The van der Waals surface area contributed by atoms with E-state index in [4.69, 9.17) is 0 Å². The molecule has 0 aromatic heterocycles. The molecule has 0 unspecified atom stereocenters. The molecule has 2 aromatic carbocycles. The minimum Gasteiger partial charge on any atom is -0.0913 e. The molecule has 0 aliphatic carbocycles. The SMILES string of the molecule is CC=CCC(=CC=Cc1ccccc1)c1ccccc1. The second-order valence-corrected chi connectivity index (χ2v) is 4.60. The fourth-order valence-electron chi connectivity index (χ4n) is 2.02. The van der Waals surface area contributed by atoms with Crippen LogP contribution >= 0.6 is 0 Å². The van der Waals surface area contributed by atoms with E-state index in [0.717, 1.165) is 6.42 Å². The molecule has 20 heavy (non-hydrogen) atoms. The van der Waals surface area contributed by atoms with E-state index in [1.807, 2.05) is 6.07 Å². The Balaban J connectivity index is 2.18. The lowest BCUT2D eigenvalue weighted by Gasteiger charge is -2.03. The van der Waals surface area contributed by atoms with E-state index in [9.17, 15) is 0 Å². The summed E-state index contributed by atoms with van der Waals surface area (Å²) in [6, 6.07) is 20.9. The zero-order chi connectivity index (χ0) is 14.0. The molecule has 0 bridgehead atoms. The average Bonchev–Trinajstić information content (AvgIpc) is 2.52. The molecule has 0 saturated heterocycles. The Labute approximate surface area is 121 Å². The molecule has 2 rings (SSSR count). The van der Waals surface area contributed by atoms with Gasteiger partial charge in [0.15, 0.2) is 0 Å². The molecule has 2 aromatic rings. The summed E-state index contributed by atoms with van der Waals surface area (Å²) >= 11 is 0. The van der Waals surface area contributed by atoms with Crippen LogP contribution in [0.4, 0.5) is 0 Å². The van der Waals surface area contributed by atoms with Crippen molar-refractivity contribution in [1.82, 2.24) is 0 Å². The average molecular weight is 260 g/mol. The van der Waals surface area contributed by atoms with E-state index in [-0.39, 0.29) is 0 Å². The van der Waals surface area contributed by atoms with Crippen molar-refractivity contribution < 1.29 is 0 Å². The highest BCUT2D eigenvalue weighted by Crippen LogP contribution is 2.19. The van der Waals surface area contributed by atoms with Gasteiger partial charge in [-0.25, -0.2) is 0 Å². The minimum atomic E-state index is 0.958. The highest BCUT2D eigenvalue weighted by Gasteiger charge is 1.97. The van der Waals surface area contributed by atoms with Crippen LogP contribution in [0.3, 0.4) is 0 Å². The van der Waals surface area contributed by atoms with Crippen LogP contribution < -0.4 is 0 Å². The lowest BCUT2D eigenvalue weighted by atomic mass is 10.0. The van der Waals surface area contributed by atoms with Gasteiger partial charge in [0.1, 0.15) is 0 Å². The maximum Gasteiger partial charge on any atom is -0.00916 e. The van der Waals surface area contributed by atoms with Gasteiger partial charge in [0.25, 0.3) is 0 Å². The molecule has 0 aliphatic rings. The van der Waals surface area contributed by atoms with Crippen LogP contribution in [0.5, 0.6) is 0 Å². The van der Waals surface area contributed by atoms with Gasteiger partial charge < -0.3 is 0 Å². The smallest absolute Gasteiger partial charge is 0.00916 e. The van der Waals surface area contributed by atoms with Gasteiger partial charge in [-0.05, 0) is 30.0 Å². The zero-order valence-electron chi connectivity index (χ0n) is 11.9. The second kappa shape index (κ2) is 7.96. The lowest BCUT2D eigenvalue weighted by molar-refractivity contribution is 1.37. The van der Waals surface area contributed by atoms with E-state index in [1.54, 1.807) is 0 Å². The minimum absolute atomic E-state index is 0.958. The predicted octanol–water partition coefficient (Wildman–Crippen LogP) is 5.75. The van der Waals surface area contributed by atoms with Gasteiger partial charge in [-0.2, -0.15) is 0 Å². The van der Waals surface area contributed by atoms with E-state index in [1.165, 1.54) is 16.7 Å². The Morgan fingerprint density at radius 2 is 1.55 bits per heavy atom. The molecule has 0 N–H and O–H groups in total. The molecule has 0 heterocycles. The molecule has 0 saturated carbocycles. The Bertz CT molecular complexity index is 586. The monoisotopic (exact) mass is 260 g/mol. The molecule has 0 spiro atoms. The molecular weight excluding hydrogens is 240 g/mol. The van der Waals surface area contributed by atoms with Crippen molar-refractivity contribution in [2.24, 2.45) is 0 Å². The summed E-state index contributed by atoms with van der Waals surface area (Å²) in [5.74, 6) is 0. The molecule has 0 nitrogen and oxygen atoms in total. The maximum atomic E-state index is 2.20. The fourth-order valence-corrected chi connectivity index (χ4v) is 2.02. The molecule has 0 radical (unpaired) electrons. The third kappa shape index (κ3) is 4.40. The maximum absolute atomic E-state index is 2.20. The Hall–Kier alpha value is -2.34. The first-order valence-electron chi connectivity index (χ1n) is 6.99. The van der Waals surface area contributed by atoms with Crippen molar-refractivity contribution in [2.75, 3.05) is 0 Å². The van der Waals surface area contributed by atoms with Crippen LogP contribution in [0.15, 0.2) is 85.0 Å². The molecule has 0 heteroatoms. The van der Waals surface area contributed by atoms with Crippen LogP contribution in [0.2, 0.25) is 0 Å². The van der Waals surface area contributed by atoms with Gasteiger partial charge in [0.2, 0.25) is 0 Å². The summed E-state index contributed by atoms with van der Waals surface area (Å²) in [6.45, 7) is 2.06. The topological polar surface area (TPSA) is 0 Å². The number of allylic oxidation sites excluding steroid dienone is 5. The standard InChI is InChI=1S/C20H20/c1-2-3-14-19(20-15-8-5-9-16-20)17-10-13-18-11-6-4-7-12-18/h2-13,15-17H,14H2,1H3. The quantitative estimate of drug-likeness (QED) is 0.474. The highest BCUT2D eigenvalue weighted by molar-refractivity contribution is 5.69.